The third kappa shape index (κ3) is 7.00. The summed E-state index contributed by atoms with van der Waals surface area (Å²) in [6.07, 6.45) is 2.73. The molecule has 2 aromatic carbocycles. The molecule has 3 aromatic rings. The van der Waals surface area contributed by atoms with Crippen LogP contribution in [0.15, 0.2) is 59.0 Å². The molecule has 7 heteroatoms. The van der Waals surface area contributed by atoms with Crippen LogP contribution in [0.5, 0.6) is 5.75 Å². The first kappa shape index (κ1) is 26.5. The van der Waals surface area contributed by atoms with E-state index in [2.05, 4.69) is 18.8 Å². The third-order valence-corrected chi connectivity index (χ3v) is 7.04. The molecule has 0 unspecified atom stereocenters. The molecule has 2 atom stereocenters. The van der Waals surface area contributed by atoms with E-state index in [-0.39, 0.29) is 11.8 Å². The topological polar surface area (TPSA) is 92.9 Å². The minimum absolute atomic E-state index is 0.0562. The normalized spacial score (nSPS) is 17.4. The van der Waals surface area contributed by atoms with Gasteiger partial charge in [0, 0.05) is 25.1 Å². The summed E-state index contributed by atoms with van der Waals surface area (Å²) in [6.45, 7) is 7.18. The maximum Gasteiger partial charge on any atom is 0.308 e. The third-order valence-electron chi connectivity index (χ3n) is 7.04. The van der Waals surface area contributed by atoms with E-state index in [1.165, 1.54) is 0 Å². The van der Waals surface area contributed by atoms with Gasteiger partial charge in [0.15, 0.2) is 0 Å². The van der Waals surface area contributed by atoms with E-state index in [9.17, 15) is 14.7 Å². The average Bonchev–Trinajstić information content (AvgIpc) is 3.49. The quantitative estimate of drug-likeness (QED) is 0.357. The summed E-state index contributed by atoms with van der Waals surface area (Å²) in [5.74, 6) is 1.15. The van der Waals surface area contributed by atoms with Crippen molar-refractivity contribution in [2.45, 2.75) is 53.1 Å². The Labute approximate surface area is 218 Å². The summed E-state index contributed by atoms with van der Waals surface area (Å²) in [5.41, 5.74) is 2.75. The summed E-state index contributed by atoms with van der Waals surface area (Å²) in [5, 5.41) is 9.75. The molecule has 0 radical (unpaired) electrons. The highest BCUT2D eigenvalue weighted by molar-refractivity contribution is 5.79. The number of carboxylic acid groups (broad SMARTS) is 1. The van der Waals surface area contributed by atoms with Crippen LogP contribution in [0.3, 0.4) is 0 Å². The Morgan fingerprint density at radius 2 is 1.92 bits per heavy atom. The van der Waals surface area contributed by atoms with Gasteiger partial charge in [0.25, 0.3) is 0 Å². The fourth-order valence-corrected chi connectivity index (χ4v) is 4.78. The Morgan fingerprint density at radius 1 is 1.14 bits per heavy atom. The number of aromatic nitrogens is 1. The number of rotatable bonds is 11. The number of ether oxygens (including phenoxy) is 1. The summed E-state index contributed by atoms with van der Waals surface area (Å²) >= 11 is 0. The van der Waals surface area contributed by atoms with Crippen LogP contribution >= 0.6 is 0 Å². The van der Waals surface area contributed by atoms with E-state index >= 15 is 0 Å². The van der Waals surface area contributed by atoms with E-state index in [1.54, 1.807) is 4.90 Å². The van der Waals surface area contributed by atoms with Crippen molar-refractivity contribution in [1.29, 1.82) is 0 Å². The SMILES string of the molecule is Cc1oc(-c2ccccc2)nc1COc1cccc(CC[C@@H]2CN(C(=O)CCC(C)C)C[C@@H]2C(=O)O)c1. The highest BCUT2D eigenvalue weighted by atomic mass is 16.5. The minimum Gasteiger partial charge on any atom is -0.487 e. The smallest absolute Gasteiger partial charge is 0.308 e. The standard InChI is InChI=1S/C30H36N2O5/c1-20(2)12-15-28(33)32-17-24(26(18-32)30(34)35)14-13-22-8-7-11-25(16-22)36-19-27-21(3)37-29(31-27)23-9-5-4-6-10-23/h4-11,16,20,24,26H,12-15,17-19H2,1-3H3,(H,34,35)/t24-,26+/m1/s1. The fourth-order valence-electron chi connectivity index (χ4n) is 4.78. The van der Waals surface area contributed by atoms with Crippen LogP contribution in [-0.2, 0) is 22.6 Å². The van der Waals surface area contributed by atoms with Crippen LogP contribution in [0.1, 0.15) is 50.1 Å². The predicted molar refractivity (Wildman–Crippen MR) is 141 cm³/mol. The molecule has 7 nitrogen and oxygen atoms in total. The molecular formula is C30H36N2O5. The van der Waals surface area contributed by atoms with E-state index in [0.29, 0.717) is 44.3 Å². The maximum atomic E-state index is 12.6. The lowest BCUT2D eigenvalue weighted by atomic mass is 9.90. The number of carbonyl (C=O) groups is 2. The van der Waals surface area contributed by atoms with Crippen molar-refractivity contribution >= 4 is 11.9 Å². The molecule has 37 heavy (non-hydrogen) atoms. The molecule has 2 heterocycles. The summed E-state index contributed by atoms with van der Waals surface area (Å²) < 4.78 is 11.8. The number of oxazole rings is 1. The molecule has 4 rings (SSSR count). The van der Waals surface area contributed by atoms with Gasteiger partial charge in [-0.15, -0.1) is 0 Å². The number of amides is 1. The van der Waals surface area contributed by atoms with Gasteiger partial charge in [-0.2, -0.15) is 0 Å². The molecular weight excluding hydrogens is 468 g/mol. The van der Waals surface area contributed by atoms with Crippen molar-refractivity contribution in [3.8, 4) is 17.2 Å². The number of nitrogens with zero attached hydrogens (tertiary/aromatic N) is 2. The fraction of sp³-hybridized carbons (Fsp3) is 0.433. The van der Waals surface area contributed by atoms with Gasteiger partial charge in [-0.1, -0.05) is 44.2 Å². The second-order valence-corrected chi connectivity index (χ2v) is 10.3. The monoisotopic (exact) mass is 504 g/mol. The zero-order valence-electron chi connectivity index (χ0n) is 21.9. The number of likely N-dealkylation sites (tertiary alicyclic amines) is 1. The van der Waals surface area contributed by atoms with Crippen molar-refractivity contribution in [1.82, 2.24) is 9.88 Å². The van der Waals surface area contributed by atoms with Crippen LogP contribution in [0.2, 0.25) is 0 Å². The minimum atomic E-state index is -0.820. The number of carbonyl (C=O) groups excluding carboxylic acids is 1. The van der Waals surface area contributed by atoms with Crippen molar-refractivity contribution in [3.05, 3.63) is 71.6 Å². The predicted octanol–water partition coefficient (Wildman–Crippen LogP) is 5.76. The first-order valence-corrected chi connectivity index (χ1v) is 13.0. The summed E-state index contributed by atoms with van der Waals surface area (Å²) in [6, 6.07) is 17.6. The van der Waals surface area contributed by atoms with Gasteiger partial charge in [-0.05, 0) is 67.9 Å². The van der Waals surface area contributed by atoms with Gasteiger partial charge in [0.2, 0.25) is 11.8 Å². The lowest BCUT2D eigenvalue weighted by Crippen LogP contribution is -2.29. The van der Waals surface area contributed by atoms with E-state index < -0.39 is 11.9 Å². The molecule has 1 aliphatic rings. The summed E-state index contributed by atoms with van der Waals surface area (Å²) in [4.78, 5) is 30.8. The highest BCUT2D eigenvalue weighted by Gasteiger charge is 2.39. The van der Waals surface area contributed by atoms with Crippen molar-refractivity contribution in [2.75, 3.05) is 13.1 Å². The van der Waals surface area contributed by atoms with E-state index in [0.717, 1.165) is 41.2 Å². The molecule has 1 amide bonds. The Bertz CT molecular complexity index is 1200. The highest BCUT2D eigenvalue weighted by Crippen LogP contribution is 2.30. The zero-order chi connectivity index (χ0) is 26.4. The number of hydrogen-bond acceptors (Lipinski definition) is 5. The number of carboxylic acids is 1. The van der Waals surface area contributed by atoms with Gasteiger partial charge in [-0.3, -0.25) is 9.59 Å². The van der Waals surface area contributed by atoms with E-state index in [1.807, 2.05) is 61.5 Å². The van der Waals surface area contributed by atoms with Crippen LogP contribution in [-0.4, -0.2) is 40.0 Å². The number of aryl methyl sites for hydroxylation is 2. The average molecular weight is 505 g/mol. The first-order valence-electron chi connectivity index (χ1n) is 13.0. The molecule has 0 spiro atoms. The maximum absolute atomic E-state index is 12.6. The van der Waals surface area contributed by atoms with Crippen LogP contribution in [0.4, 0.5) is 0 Å². The number of hydrogen-bond donors (Lipinski definition) is 1. The second kappa shape index (κ2) is 12.1. The molecule has 1 N–H and O–H groups in total. The Morgan fingerprint density at radius 3 is 2.65 bits per heavy atom. The largest absolute Gasteiger partial charge is 0.487 e. The molecule has 1 fully saturated rings. The van der Waals surface area contributed by atoms with Gasteiger partial charge < -0.3 is 19.2 Å². The van der Waals surface area contributed by atoms with Gasteiger partial charge in [0.1, 0.15) is 23.8 Å². The Hall–Kier alpha value is -3.61. The Balaban J connectivity index is 1.33. The lowest BCUT2D eigenvalue weighted by Gasteiger charge is -2.17. The molecule has 0 bridgehead atoms. The zero-order valence-corrected chi connectivity index (χ0v) is 21.9. The van der Waals surface area contributed by atoms with Crippen LogP contribution in [0.25, 0.3) is 11.5 Å². The van der Waals surface area contributed by atoms with E-state index in [4.69, 9.17) is 9.15 Å². The summed E-state index contributed by atoms with van der Waals surface area (Å²) in [7, 11) is 0. The van der Waals surface area contributed by atoms with Crippen LogP contribution < -0.4 is 4.74 Å². The Kier molecular flexibility index (Phi) is 8.64. The van der Waals surface area contributed by atoms with Gasteiger partial charge in [-0.25, -0.2) is 4.98 Å². The van der Waals surface area contributed by atoms with Crippen LogP contribution in [0, 0.1) is 24.7 Å². The molecule has 1 aromatic heterocycles. The molecule has 1 saturated heterocycles. The molecule has 0 aliphatic carbocycles. The van der Waals surface area contributed by atoms with Gasteiger partial charge in [0.05, 0.1) is 5.92 Å². The van der Waals surface area contributed by atoms with Gasteiger partial charge >= 0.3 is 5.97 Å². The lowest BCUT2D eigenvalue weighted by molar-refractivity contribution is -0.142. The number of aliphatic carboxylic acids is 1. The molecule has 1 aliphatic heterocycles. The second-order valence-electron chi connectivity index (χ2n) is 10.3. The van der Waals surface area contributed by atoms with Crippen molar-refractivity contribution in [2.24, 2.45) is 17.8 Å². The van der Waals surface area contributed by atoms with Crippen molar-refractivity contribution in [3.63, 3.8) is 0 Å². The van der Waals surface area contributed by atoms with Crippen molar-refractivity contribution < 1.29 is 23.8 Å². The number of benzene rings is 2. The molecule has 196 valence electrons. The molecule has 0 saturated carbocycles. The first-order chi connectivity index (χ1) is 17.8.